The van der Waals surface area contributed by atoms with Crippen molar-refractivity contribution < 1.29 is 18.7 Å². The number of oxazole rings is 1. The fourth-order valence-corrected chi connectivity index (χ4v) is 2.20. The molecular weight excluding hydrogens is 330 g/mol. The van der Waals surface area contributed by atoms with Gasteiger partial charge in [0.1, 0.15) is 5.75 Å². The zero-order valence-corrected chi connectivity index (χ0v) is 13.6. The number of ether oxygens (including phenoxy) is 2. The van der Waals surface area contributed by atoms with Crippen LogP contribution >= 0.6 is 11.6 Å². The van der Waals surface area contributed by atoms with Gasteiger partial charge < -0.3 is 13.9 Å². The van der Waals surface area contributed by atoms with Crippen LogP contribution in [-0.4, -0.2) is 18.1 Å². The molecule has 0 amide bonds. The van der Waals surface area contributed by atoms with Crippen molar-refractivity contribution in [2.24, 2.45) is 0 Å². The van der Waals surface area contributed by atoms with Gasteiger partial charge in [0.25, 0.3) is 0 Å². The van der Waals surface area contributed by atoms with Crippen molar-refractivity contribution in [3.63, 3.8) is 0 Å². The van der Waals surface area contributed by atoms with Crippen LogP contribution in [0.3, 0.4) is 0 Å². The molecule has 0 radical (unpaired) electrons. The van der Waals surface area contributed by atoms with Crippen LogP contribution in [0.2, 0.25) is 5.02 Å². The first-order valence-corrected chi connectivity index (χ1v) is 7.55. The second-order valence-corrected chi connectivity index (χ2v) is 5.37. The molecule has 24 heavy (non-hydrogen) atoms. The molecule has 0 bridgehead atoms. The number of nitrogens with zero attached hydrogens (tertiary/aromatic N) is 1. The first-order chi connectivity index (χ1) is 11.7. The summed E-state index contributed by atoms with van der Waals surface area (Å²) in [6.45, 7) is 0.186. The van der Waals surface area contributed by atoms with E-state index in [-0.39, 0.29) is 12.6 Å². The summed E-state index contributed by atoms with van der Waals surface area (Å²) in [5.41, 5.74) is 1.35. The predicted molar refractivity (Wildman–Crippen MR) is 89.1 cm³/mol. The molecular formula is C18H14ClNO4. The molecule has 0 spiro atoms. The monoisotopic (exact) mass is 343 g/mol. The van der Waals surface area contributed by atoms with E-state index in [2.05, 4.69) is 9.72 Å². The Morgan fingerprint density at radius 1 is 1.12 bits per heavy atom. The minimum absolute atomic E-state index is 0.186. The van der Waals surface area contributed by atoms with Crippen molar-refractivity contribution in [2.75, 3.05) is 7.11 Å². The molecule has 0 N–H and O–H groups in total. The molecule has 6 heteroatoms. The lowest BCUT2D eigenvalue weighted by molar-refractivity contribution is 0.0600. The Bertz CT molecular complexity index is 825. The number of carbonyl (C=O) groups excluding carboxylic acids is 1. The van der Waals surface area contributed by atoms with Gasteiger partial charge in [-0.3, -0.25) is 0 Å². The highest BCUT2D eigenvalue weighted by Gasteiger charge is 2.08. The summed E-state index contributed by atoms with van der Waals surface area (Å²) in [6.07, 6.45) is 1.64. The molecule has 0 fully saturated rings. The summed E-state index contributed by atoms with van der Waals surface area (Å²) in [7, 11) is 1.34. The summed E-state index contributed by atoms with van der Waals surface area (Å²) in [5.74, 6) is 1.32. The van der Waals surface area contributed by atoms with Crippen molar-refractivity contribution in [1.82, 2.24) is 4.98 Å². The van der Waals surface area contributed by atoms with Gasteiger partial charge in [0.15, 0.2) is 12.4 Å². The van der Waals surface area contributed by atoms with Crippen molar-refractivity contribution in [3.8, 4) is 17.1 Å². The van der Waals surface area contributed by atoms with E-state index in [0.717, 1.165) is 5.56 Å². The first kappa shape index (κ1) is 16.1. The quantitative estimate of drug-likeness (QED) is 0.644. The zero-order chi connectivity index (χ0) is 16.9. The average molecular weight is 344 g/mol. The Morgan fingerprint density at radius 2 is 1.83 bits per heavy atom. The normalized spacial score (nSPS) is 10.4. The third-order valence-corrected chi connectivity index (χ3v) is 3.57. The summed E-state index contributed by atoms with van der Waals surface area (Å²) >= 11 is 5.87. The number of halogens is 1. The lowest BCUT2D eigenvalue weighted by atomic mass is 10.2. The molecule has 3 aromatic rings. The van der Waals surface area contributed by atoms with Crippen LogP contribution in [-0.2, 0) is 11.3 Å². The lowest BCUT2D eigenvalue weighted by Gasteiger charge is -2.04. The van der Waals surface area contributed by atoms with Gasteiger partial charge >= 0.3 is 5.97 Å². The van der Waals surface area contributed by atoms with Gasteiger partial charge in [0.05, 0.1) is 18.9 Å². The summed E-state index contributed by atoms with van der Waals surface area (Å²) < 4.78 is 15.9. The van der Waals surface area contributed by atoms with Crippen LogP contribution in [0, 0.1) is 0 Å². The number of esters is 1. The number of hydrogen-bond donors (Lipinski definition) is 0. The van der Waals surface area contributed by atoms with E-state index < -0.39 is 0 Å². The van der Waals surface area contributed by atoms with Gasteiger partial charge in [-0.1, -0.05) is 11.6 Å². The van der Waals surface area contributed by atoms with E-state index in [4.69, 9.17) is 20.8 Å². The molecule has 0 aliphatic heterocycles. The van der Waals surface area contributed by atoms with Crippen molar-refractivity contribution >= 4 is 17.6 Å². The average Bonchev–Trinajstić information content (AvgIpc) is 3.09. The van der Waals surface area contributed by atoms with Crippen molar-refractivity contribution in [2.45, 2.75) is 6.61 Å². The predicted octanol–water partition coefficient (Wildman–Crippen LogP) is 4.36. The molecule has 1 aromatic heterocycles. The Hall–Kier alpha value is -2.79. The fourth-order valence-electron chi connectivity index (χ4n) is 2.07. The number of methoxy groups -OCH3 is 1. The van der Waals surface area contributed by atoms with Crippen LogP contribution in [0.4, 0.5) is 0 Å². The molecule has 5 nitrogen and oxygen atoms in total. The third-order valence-electron chi connectivity index (χ3n) is 3.32. The standard InChI is InChI=1S/C18H14ClNO4/c1-22-18(21)13-4-8-15(9-5-13)23-11-17-20-10-16(24-17)12-2-6-14(19)7-3-12/h2-10H,11H2,1H3. The minimum atomic E-state index is -0.387. The summed E-state index contributed by atoms with van der Waals surface area (Å²) in [4.78, 5) is 15.6. The second kappa shape index (κ2) is 7.19. The van der Waals surface area contributed by atoms with E-state index in [9.17, 15) is 4.79 Å². The van der Waals surface area contributed by atoms with Gasteiger partial charge in [0.2, 0.25) is 5.89 Å². The minimum Gasteiger partial charge on any atom is -0.484 e. The van der Waals surface area contributed by atoms with Crippen LogP contribution < -0.4 is 4.74 Å². The van der Waals surface area contributed by atoms with E-state index in [1.54, 1.807) is 42.6 Å². The molecule has 0 unspecified atom stereocenters. The maximum absolute atomic E-state index is 11.4. The van der Waals surface area contributed by atoms with Crippen molar-refractivity contribution in [1.29, 1.82) is 0 Å². The Balaban J connectivity index is 1.63. The number of hydrogen-bond acceptors (Lipinski definition) is 5. The molecule has 1 heterocycles. The third kappa shape index (κ3) is 3.75. The highest BCUT2D eigenvalue weighted by Crippen LogP contribution is 2.23. The Kier molecular flexibility index (Phi) is 4.82. The van der Waals surface area contributed by atoms with Crippen LogP contribution in [0.15, 0.2) is 59.1 Å². The number of aromatic nitrogens is 1. The van der Waals surface area contributed by atoms with Crippen LogP contribution in [0.1, 0.15) is 16.2 Å². The number of benzene rings is 2. The highest BCUT2D eigenvalue weighted by atomic mass is 35.5. The SMILES string of the molecule is COC(=O)c1ccc(OCc2ncc(-c3ccc(Cl)cc3)o2)cc1. The van der Waals surface area contributed by atoms with Gasteiger partial charge in [-0.25, -0.2) is 9.78 Å². The Morgan fingerprint density at radius 3 is 2.50 bits per heavy atom. The van der Waals surface area contributed by atoms with Gasteiger partial charge in [-0.2, -0.15) is 0 Å². The maximum atomic E-state index is 11.4. The largest absolute Gasteiger partial charge is 0.484 e. The molecule has 0 saturated heterocycles. The smallest absolute Gasteiger partial charge is 0.337 e. The zero-order valence-electron chi connectivity index (χ0n) is 12.9. The van der Waals surface area contributed by atoms with Gasteiger partial charge in [-0.05, 0) is 48.5 Å². The van der Waals surface area contributed by atoms with E-state index in [1.807, 2.05) is 12.1 Å². The topological polar surface area (TPSA) is 61.6 Å². The molecule has 0 saturated carbocycles. The van der Waals surface area contributed by atoms with E-state index >= 15 is 0 Å². The Labute approximate surface area is 143 Å². The van der Waals surface area contributed by atoms with Gasteiger partial charge in [-0.15, -0.1) is 0 Å². The molecule has 2 aromatic carbocycles. The lowest BCUT2D eigenvalue weighted by Crippen LogP contribution is -2.01. The first-order valence-electron chi connectivity index (χ1n) is 7.17. The van der Waals surface area contributed by atoms with Crippen LogP contribution in [0.25, 0.3) is 11.3 Å². The fraction of sp³-hybridized carbons (Fsp3) is 0.111. The van der Waals surface area contributed by atoms with Crippen molar-refractivity contribution in [3.05, 3.63) is 71.2 Å². The molecule has 0 aliphatic carbocycles. The van der Waals surface area contributed by atoms with Gasteiger partial charge in [0, 0.05) is 10.6 Å². The van der Waals surface area contributed by atoms with E-state index in [0.29, 0.717) is 28.0 Å². The highest BCUT2D eigenvalue weighted by molar-refractivity contribution is 6.30. The van der Waals surface area contributed by atoms with Crippen LogP contribution in [0.5, 0.6) is 5.75 Å². The molecule has 0 atom stereocenters. The number of carbonyl (C=O) groups is 1. The number of rotatable bonds is 5. The summed E-state index contributed by atoms with van der Waals surface area (Å²) in [5, 5.41) is 0.664. The molecule has 3 rings (SSSR count). The maximum Gasteiger partial charge on any atom is 0.337 e. The molecule has 122 valence electrons. The molecule has 0 aliphatic rings. The summed E-state index contributed by atoms with van der Waals surface area (Å²) in [6, 6.07) is 13.9. The van der Waals surface area contributed by atoms with E-state index in [1.165, 1.54) is 7.11 Å². The second-order valence-electron chi connectivity index (χ2n) is 4.93.